The van der Waals surface area contributed by atoms with Gasteiger partial charge in [0.15, 0.2) is 0 Å². The highest BCUT2D eigenvalue weighted by atomic mass is 14.4. The van der Waals surface area contributed by atoms with Gasteiger partial charge in [0.25, 0.3) is 0 Å². The topological polar surface area (TPSA) is 0 Å². The molecule has 302 valence electrons. The van der Waals surface area contributed by atoms with Crippen LogP contribution < -0.4 is 0 Å². The lowest BCUT2D eigenvalue weighted by Gasteiger charge is -2.22. The molecule has 0 aliphatic heterocycles. The van der Waals surface area contributed by atoms with Gasteiger partial charge in [-0.2, -0.15) is 0 Å². The molecule has 0 amide bonds. The van der Waals surface area contributed by atoms with Crippen molar-refractivity contribution in [2.24, 2.45) is 0 Å². The fourth-order valence-electron chi connectivity index (χ4n) is 11.8. The maximum absolute atomic E-state index is 2.47. The second-order valence-corrected chi connectivity index (χ2v) is 18.8. The lowest BCUT2D eigenvalue weighted by Crippen LogP contribution is -2.14. The van der Waals surface area contributed by atoms with Crippen molar-refractivity contribution in [1.82, 2.24) is 0 Å². The maximum atomic E-state index is 2.47. The van der Waals surface area contributed by atoms with E-state index < -0.39 is 0 Å². The second kappa shape index (κ2) is 13.5. The molecule has 0 heteroatoms. The van der Waals surface area contributed by atoms with E-state index >= 15 is 0 Å². The van der Waals surface area contributed by atoms with Crippen LogP contribution in [0.1, 0.15) is 25.0 Å². The molecular formula is C65H42. The van der Waals surface area contributed by atoms with Gasteiger partial charge in [-0.05, 0) is 161 Å². The third kappa shape index (κ3) is 5.26. The van der Waals surface area contributed by atoms with Crippen molar-refractivity contribution in [3.8, 4) is 66.8 Å². The van der Waals surface area contributed by atoms with Crippen LogP contribution in [0.3, 0.4) is 0 Å². The van der Waals surface area contributed by atoms with Crippen molar-refractivity contribution in [2.75, 3.05) is 0 Å². The molecule has 1 aliphatic rings. The number of hydrogen-bond donors (Lipinski definition) is 0. The summed E-state index contributed by atoms with van der Waals surface area (Å²) < 4.78 is 0. The zero-order valence-corrected chi connectivity index (χ0v) is 36.3. The highest BCUT2D eigenvalue weighted by molar-refractivity contribution is 6.27. The molecule has 13 aromatic carbocycles. The largest absolute Gasteiger partial charge is 0.0622 e. The van der Waals surface area contributed by atoms with Crippen LogP contribution in [0.4, 0.5) is 0 Å². The van der Waals surface area contributed by atoms with Gasteiger partial charge in [-0.1, -0.05) is 214 Å². The fourth-order valence-corrected chi connectivity index (χ4v) is 11.8. The second-order valence-electron chi connectivity index (χ2n) is 18.8. The van der Waals surface area contributed by atoms with Gasteiger partial charge in [0.05, 0.1) is 0 Å². The Kier molecular flexibility index (Phi) is 7.55. The molecular weight excluding hydrogens is 781 g/mol. The number of benzene rings is 13. The molecule has 0 N–H and O–H groups in total. The summed E-state index contributed by atoms with van der Waals surface area (Å²) in [6.45, 7) is 4.74. The maximum Gasteiger partial charge on any atom is 0.0159 e. The third-order valence-corrected chi connectivity index (χ3v) is 15.0. The molecule has 0 radical (unpaired) electrons. The van der Waals surface area contributed by atoms with Crippen LogP contribution in [-0.4, -0.2) is 0 Å². The lowest BCUT2D eigenvalue weighted by atomic mass is 9.81. The van der Waals surface area contributed by atoms with Crippen LogP contribution in [-0.2, 0) is 5.41 Å². The SMILES string of the molecule is CC1(C)c2ccccc2-c2ccc(-c3ccc(-c4ccc(-c5ccc6ccc7cccc8ccc5c6c78)c(-c5ccccc5)c4)c(-c4ccc5ccc6cccc7ccc4c5c67)c3)cc21. The summed E-state index contributed by atoms with van der Waals surface area (Å²) in [5, 5.41) is 15.6. The standard InChI is InChI=1S/C65H42/c1-65(2)59-17-7-6-16-53(59)54-33-27-47(38-60(54)65)46-26-29-49(58(36-46)52-31-23-45-21-19-41-13-9-15-43-25-35-56(52)64(45)62(41)43)48-28-32-51(57(37-48)39-10-4-3-5-11-39)50-30-22-44-20-18-40-12-8-14-42-24-34-55(50)63(44)61(40)42/h3-38H,1-2H3. The average molecular weight is 823 g/mol. The van der Waals surface area contributed by atoms with Crippen LogP contribution >= 0.6 is 0 Å². The molecule has 13 aromatic rings. The van der Waals surface area contributed by atoms with Crippen molar-refractivity contribution in [3.05, 3.63) is 230 Å². The molecule has 0 spiro atoms. The van der Waals surface area contributed by atoms with Gasteiger partial charge < -0.3 is 0 Å². The predicted molar refractivity (Wildman–Crippen MR) is 279 cm³/mol. The summed E-state index contributed by atoms with van der Waals surface area (Å²) in [6.07, 6.45) is 0. The van der Waals surface area contributed by atoms with E-state index in [4.69, 9.17) is 0 Å². The molecule has 0 heterocycles. The van der Waals surface area contributed by atoms with Crippen LogP contribution in [0.5, 0.6) is 0 Å². The molecule has 0 unspecified atom stereocenters. The summed E-state index contributed by atoms with van der Waals surface area (Å²) >= 11 is 0. The Labute approximate surface area is 378 Å². The minimum atomic E-state index is -0.0823. The highest BCUT2D eigenvalue weighted by Crippen LogP contribution is 2.51. The van der Waals surface area contributed by atoms with Crippen LogP contribution in [0.2, 0.25) is 0 Å². The first-order chi connectivity index (χ1) is 32.0. The molecule has 0 saturated carbocycles. The Balaban J connectivity index is 1.01. The third-order valence-electron chi connectivity index (χ3n) is 15.0. The first kappa shape index (κ1) is 36.4. The smallest absolute Gasteiger partial charge is 0.0159 e. The van der Waals surface area contributed by atoms with Gasteiger partial charge in [0, 0.05) is 5.41 Å². The molecule has 0 nitrogen and oxygen atoms in total. The minimum absolute atomic E-state index is 0.0823. The van der Waals surface area contributed by atoms with Crippen LogP contribution in [0.25, 0.3) is 131 Å². The van der Waals surface area contributed by atoms with E-state index in [1.165, 1.54) is 143 Å². The van der Waals surface area contributed by atoms with Crippen molar-refractivity contribution < 1.29 is 0 Å². The van der Waals surface area contributed by atoms with Gasteiger partial charge in [-0.25, -0.2) is 0 Å². The number of rotatable bonds is 5. The number of hydrogen-bond acceptors (Lipinski definition) is 0. The summed E-state index contributed by atoms with van der Waals surface area (Å²) in [7, 11) is 0. The predicted octanol–water partition coefficient (Wildman–Crippen LogP) is 18.1. The molecule has 0 bridgehead atoms. The monoisotopic (exact) mass is 822 g/mol. The van der Waals surface area contributed by atoms with Gasteiger partial charge in [0.1, 0.15) is 0 Å². The van der Waals surface area contributed by atoms with Crippen molar-refractivity contribution in [2.45, 2.75) is 19.3 Å². The Bertz CT molecular complexity index is 4040. The van der Waals surface area contributed by atoms with Gasteiger partial charge in [0.2, 0.25) is 0 Å². The molecule has 1 aliphatic carbocycles. The van der Waals surface area contributed by atoms with E-state index in [2.05, 4.69) is 232 Å². The molecule has 14 rings (SSSR count). The fraction of sp³-hybridized carbons (Fsp3) is 0.0462. The first-order valence-electron chi connectivity index (χ1n) is 22.9. The van der Waals surface area contributed by atoms with Crippen molar-refractivity contribution >= 4 is 64.6 Å². The highest BCUT2D eigenvalue weighted by Gasteiger charge is 2.35. The van der Waals surface area contributed by atoms with Crippen molar-refractivity contribution in [3.63, 3.8) is 0 Å². The first-order valence-corrected chi connectivity index (χ1v) is 22.9. The summed E-state index contributed by atoms with van der Waals surface area (Å²) in [6, 6.07) is 82.5. The van der Waals surface area contributed by atoms with E-state index in [1.54, 1.807) is 0 Å². The molecule has 0 saturated heterocycles. The van der Waals surface area contributed by atoms with E-state index in [0.29, 0.717) is 0 Å². The Morgan fingerprint density at radius 2 is 0.677 bits per heavy atom. The average Bonchev–Trinajstić information content (AvgIpc) is 3.59. The van der Waals surface area contributed by atoms with E-state index in [-0.39, 0.29) is 5.41 Å². The molecule has 0 atom stereocenters. The lowest BCUT2D eigenvalue weighted by molar-refractivity contribution is 0.660. The molecule has 0 aromatic heterocycles. The Morgan fingerprint density at radius 1 is 0.231 bits per heavy atom. The Morgan fingerprint density at radius 3 is 1.32 bits per heavy atom. The van der Waals surface area contributed by atoms with Crippen LogP contribution in [0.15, 0.2) is 218 Å². The van der Waals surface area contributed by atoms with E-state index in [9.17, 15) is 0 Å². The molecule has 65 heavy (non-hydrogen) atoms. The van der Waals surface area contributed by atoms with Crippen molar-refractivity contribution in [1.29, 1.82) is 0 Å². The van der Waals surface area contributed by atoms with Gasteiger partial charge in [-0.3, -0.25) is 0 Å². The summed E-state index contributed by atoms with van der Waals surface area (Å²) in [5.74, 6) is 0. The summed E-state index contributed by atoms with van der Waals surface area (Å²) in [4.78, 5) is 0. The zero-order valence-electron chi connectivity index (χ0n) is 36.3. The van der Waals surface area contributed by atoms with Gasteiger partial charge in [-0.15, -0.1) is 0 Å². The van der Waals surface area contributed by atoms with E-state index in [0.717, 1.165) is 0 Å². The zero-order chi connectivity index (χ0) is 43.0. The summed E-state index contributed by atoms with van der Waals surface area (Å²) in [5.41, 5.74) is 17.7. The normalized spacial score (nSPS) is 13.2. The van der Waals surface area contributed by atoms with Gasteiger partial charge >= 0.3 is 0 Å². The quantitative estimate of drug-likeness (QED) is 0.152. The molecule has 0 fully saturated rings. The van der Waals surface area contributed by atoms with Crippen LogP contribution in [0, 0.1) is 0 Å². The Hall–Kier alpha value is -8.06. The number of fused-ring (bicyclic) bond motifs is 3. The van der Waals surface area contributed by atoms with E-state index in [1.807, 2.05) is 0 Å². The minimum Gasteiger partial charge on any atom is -0.0622 e.